The minimum absolute atomic E-state index is 0.0473. The van der Waals surface area contributed by atoms with Gasteiger partial charge in [-0.05, 0) is 76.4 Å². The Morgan fingerprint density at radius 2 is 1.76 bits per heavy atom. The Hall–Kier alpha value is -2.01. The van der Waals surface area contributed by atoms with Gasteiger partial charge >= 0.3 is 0 Å². The van der Waals surface area contributed by atoms with Crippen molar-refractivity contribution in [2.45, 2.75) is 69.1 Å². The van der Waals surface area contributed by atoms with Crippen LogP contribution in [0.1, 0.15) is 54.4 Å². The van der Waals surface area contributed by atoms with E-state index in [4.69, 9.17) is 0 Å². The summed E-state index contributed by atoms with van der Waals surface area (Å²) in [5.74, 6) is -0.220. The van der Waals surface area contributed by atoms with Crippen molar-refractivity contribution in [2.75, 3.05) is 32.5 Å². The lowest BCUT2D eigenvalue weighted by molar-refractivity contribution is -0.115. The molecule has 180 valence electrons. The van der Waals surface area contributed by atoms with Crippen LogP contribution in [0, 0.1) is 0 Å². The maximum absolute atomic E-state index is 13.5. The summed E-state index contributed by atoms with van der Waals surface area (Å²) in [5, 5.41) is 5.90. The van der Waals surface area contributed by atoms with Crippen LogP contribution in [0.2, 0.25) is 0 Å². The van der Waals surface area contributed by atoms with E-state index in [1.165, 1.54) is 0 Å². The first-order chi connectivity index (χ1) is 15.7. The average molecular weight is 476 g/mol. The first-order valence-corrected chi connectivity index (χ1v) is 13.3. The first kappa shape index (κ1) is 22.8. The van der Waals surface area contributed by atoms with Crippen LogP contribution in [-0.4, -0.2) is 85.1 Å². The van der Waals surface area contributed by atoms with Crippen molar-refractivity contribution in [3.05, 3.63) is 29.3 Å². The molecular formula is C23H33N5O4S. The molecule has 5 rings (SSSR count). The minimum atomic E-state index is -3.49. The van der Waals surface area contributed by atoms with Gasteiger partial charge in [-0.3, -0.25) is 9.59 Å². The molecule has 9 nitrogen and oxygen atoms in total. The van der Waals surface area contributed by atoms with E-state index in [1.807, 2.05) is 14.1 Å². The van der Waals surface area contributed by atoms with E-state index in [9.17, 15) is 18.0 Å². The number of piperidine rings is 2. The van der Waals surface area contributed by atoms with Crippen LogP contribution in [0.3, 0.4) is 0 Å². The second kappa shape index (κ2) is 8.65. The van der Waals surface area contributed by atoms with Crippen LogP contribution < -0.4 is 10.6 Å². The van der Waals surface area contributed by atoms with Crippen LogP contribution in [0.25, 0.3) is 0 Å². The summed E-state index contributed by atoms with van der Waals surface area (Å²) in [6.07, 6.45) is 4.98. The zero-order valence-electron chi connectivity index (χ0n) is 19.3. The number of nitrogens with zero attached hydrogens (tertiary/aromatic N) is 3. The zero-order valence-corrected chi connectivity index (χ0v) is 20.1. The highest BCUT2D eigenvalue weighted by molar-refractivity contribution is 7.86. The number of rotatable bonds is 5. The highest BCUT2D eigenvalue weighted by atomic mass is 32.2. The highest BCUT2D eigenvalue weighted by Gasteiger charge is 2.49. The molecule has 3 fully saturated rings. The Labute approximate surface area is 195 Å². The predicted molar refractivity (Wildman–Crippen MR) is 125 cm³/mol. The van der Waals surface area contributed by atoms with Crippen LogP contribution in [-0.2, 0) is 21.4 Å². The lowest BCUT2D eigenvalue weighted by Gasteiger charge is -2.42. The summed E-state index contributed by atoms with van der Waals surface area (Å²) >= 11 is 0. The van der Waals surface area contributed by atoms with E-state index >= 15 is 0 Å². The number of carbonyl (C=O) groups excluding carboxylic acids is 2. The third-order valence-corrected chi connectivity index (χ3v) is 9.89. The Morgan fingerprint density at radius 1 is 1.09 bits per heavy atom. The zero-order chi connectivity index (χ0) is 23.3. The molecule has 2 N–H and O–H groups in total. The number of hydrogen-bond acceptors (Lipinski definition) is 5. The molecule has 0 aliphatic carbocycles. The van der Waals surface area contributed by atoms with Crippen molar-refractivity contribution in [3.8, 4) is 0 Å². The molecule has 2 bridgehead atoms. The van der Waals surface area contributed by atoms with Gasteiger partial charge in [-0.1, -0.05) is 0 Å². The number of anilines is 1. The normalized spacial score (nSPS) is 28.7. The lowest BCUT2D eigenvalue weighted by atomic mass is 9.99. The van der Waals surface area contributed by atoms with Crippen molar-refractivity contribution in [1.82, 2.24) is 18.8 Å². The Morgan fingerprint density at radius 3 is 2.39 bits per heavy atom. The third kappa shape index (κ3) is 4.29. The molecule has 3 atom stereocenters. The maximum Gasteiger partial charge on any atom is 0.282 e. The van der Waals surface area contributed by atoms with E-state index in [0.29, 0.717) is 44.0 Å². The molecule has 0 saturated carbocycles. The molecule has 1 aromatic carbocycles. The fourth-order valence-electron chi connectivity index (χ4n) is 5.99. The van der Waals surface area contributed by atoms with Gasteiger partial charge in [-0.15, -0.1) is 0 Å². The quantitative estimate of drug-likeness (QED) is 0.666. The Kier molecular flexibility index (Phi) is 5.97. The molecule has 2 amide bonds. The molecule has 4 aliphatic heterocycles. The van der Waals surface area contributed by atoms with Gasteiger partial charge < -0.3 is 15.5 Å². The molecule has 0 spiro atoms. The lowest BCUT2D eigenvalue weighted by Crippen LogP contribution is -2.57. The van der Waals surface area contributed by atoms with E-state index in [0.717, 1.165) is 36.9 Å². The molecular weight excluding hydrogens is 442 g/mol. The summed E-state index contributed by atoms with van der Waals surface area (Å²) in [6.45, 7) is 1.13. The maximum atomic E-state index is 13.5. The van der Waals surface area contributed by atoms with Crippen molar-refractivity contribution >= 4 is 27.7 Å². The summed E-state index contributed by atoms with van der Waals surface area (Å²) in [4.78, 5) is 26.6. The van der Waals surface area contributed by atoms with E-state index in [-0.39, 0.29) is 29.9 Å². The topological polar surface area (TPSA) is 102 Å². The van der Waals surface area contributed by atoms with Gasteiger partial charge in [0.2, 0.25) is 5.91 Å². The van der Waals surface area contributed by atoms with Gasteiger partial charge in [-0.25, -0.2) is 0 Å². The van der Waals surface area contributed by atoms with Crippen molar-refractivity contribution < 1.29 is 18.0 Å². The molecule has 4 aliphatic rings. The number of hydrogen-bond donors (Lipinski definition) is 2. The molecule has 0 radical (unpaired) electrons. The standard InChI is InChI=1S/C23H33N5O4S/c1-26(2)18-7-9-27(10-8-18)33(31,32)28-19-4-5-20(28)14-17(13-19)24-23(30)15-3-6-21-16(11-15)12-22(29)25-21/h3,6,11,17-20H,4-5,7-10,12-14H2,1-2H3,(H,24,30)(H,25,29)/t17-,19+,20-. The minimum Gasteiger partial charge on any atom is -0.349 e. The van der Waals surface area contributed by atoms with Gasteiger partial charge in [0.15, 0.2) is 0 Å². The van der Waals surface area contributed by atoms with Crippen molar-refractivity contribution in [1.29, 1.82) is 0 Å². The summed E-state index contributed by atoms with van der Waals surface area (Å²) in [6, 6.07) is 5.53. The molecule has 10 heteroatoms. The number of fused-ring (bicyclic) bond motifs is 3. The highest BCUT2D eigenvalue weighted by Crippen LogP contribution is 2.39. The average Bonchev–Trinajstić information content (AvgIpc) is 3.29. The van der Waals surface area contributed by atoms with Crippen molar-refractivity contribution in [2.24, 2.45) is 0 Å². The van der Waals surface area contributed by atoms with Crippen LogP contribution >= 0.6 is 0 Å². The summed E-state index contributed by atoms with van der Waals surface area (Å²) in [5.41, 5.74) is 2.14. The van der Waals surface area contributed by atoms with Crippen LogP contribution in [0.5, 0.6) is 0 Å². The molecule has 0 aromatic heterocycles. The molecule has 0 unspecified atom stereocenters. The van der Waals surface area contributed by atoms with Gasteiger partial charge in [-0.2, -0.15) is 17.0 Å². The van der Waals surface area contributed by atoms with E-state index in [1.54, 1.807) is 26.8 Å². The Bertz CT molecular complexity index is 1040. The number of nitrogens with one attached hydrogen (secondary N) is 2. The molecule has 1 aromatic rings. The third-order valence-electron chi connectivity index (χ3n) is 7.74. The van der Waals surface area contributed by atoms with Gasteiger partial charge in [0, 0.05) is 48.5 Å². The predicted octanol–water partition coefficient (Wildman–Crippen LogP) is 1.18. The number of benzene rings is 1. The van der Waals surface area contributed by atoms with E-state index in [2.05, 4.69) is 15.5 Å². The fourth-order valence-corrected chi connectivity index (χ4v) is 8.07. The van der Waals surface area contributed by atoms with Crippen molar-refractivity contribution in [3.63, 3.8) is 0 Å². The SMILES string of the molecule is CN(C)C1CCN(S(=O)(=O)N2[C@@H]3CC[C@H]2C[C@@H](NC(=O)c2ccc4c(c2)CC(=O)N4)C3)CC1. The van der Waals surface area contributed by atoms with Gasteiger partial charge in [0.05, 0.1) is 6.42 Å². The fraction of sp³-hybridized carbons (Fsp3) is 0.652. The second-order valence-electron chi connectivity index (χ2n) is 10.1. The first-order valence-electron chi connectivity index (χ1n) is 11.9. The summed E-state index contributed by atoms with van der Waals surface area (Å²) in [7, 11) is 0.608. The van der Waals surface area contributed by atoms with E-state index < -0.39 is 10.2 Å². The molecule has 3 saturated heterocycles. The Balaban J connectivity index is 1.22. The largest absolute Gasteiger partial charge is 0.349 e. The molecule has 4 heterocycles. The number of amides is 2. The smallest absolute Gasteiger partial charge is 0.282 e. The summed E-state index contributed by atoms with van der Waals surface area (Å²) < 4.78 is 30.4. The van der Waals surface area contributed by atoms with Gasteiger partial charge in [0.1, 0.15) is 0 Å². The number of carbonyl (C=O) groups is 2. The second-order valence-corrected chi connectivity index (χ2v) is 11.9. The van der Waals surface area contributed by atoms with Crippen LogP contribution in [0.15, 0.2) is 18.2 Å². The monoisotopic (exact) mass is 475 g/mol. The van der Waals surface area contributed by atoms with Gasteiger partial charge in [0.25, 0.3) is 16.1 Å². The molecule has 33 heavy (non-hydrogen) atoms. The van der Waals surface area contributed by atoms with Crippen LogP contribution in [0.4, 0.5) is 5.69 Å².